The molecule has 2 heterocycles. The van der Waals surface area contributed by atoms with Crippen LogP contribution in [0.5, 0.6) is 0 Å². The average Bonchev–Trinajstić information content (AvgIpc) is 2.98. The summed E-state index contributed by atoms with van der Waals surface area (Å²) >= 11 is 1.53. The maximum atomic E-state index is 12.6. The minimum absolute atomic E-state index is 0.144. The molecular weight excluding hydrogens is 282 g/mol. The highest BCUT2D eigenvalue weighted by Crippen LogP contribution is 2.33. The van der Waals surface area contributed by atoms with Crippen LogP contribution in [0.3, 0.4) is 0 Å². The number of rotatable bonds is 3. The van der Waals surface area contributed by atoms with Gasteiger partial charge in [0.05, 0.1) is 16.6 Å². The number of thiophene rings is 1. The zero-order valence-corrected chi connectivity index (χ0v) is 12.8. The first-order valence-corrected chi connectivity index (χ1v) is 7.77. The minimum Gasteiger partial charge on any atom is -0.291 e. The molecule has 0 saturated heterocycles. The normalized spacial score (nSPS) is 14.5. The Morgan fingerprint density at radius 2 is 2.14 bits per heavy atom. The lowest BCUT2D eigenvalue weighted by molar-refractivity contribution is 0.0981. The van der Waals surface area contributed by atoms with Crippen LogP contribution in [0, 0.1) is 25.2 Å². The molecule has 2 aromatic heterocycles. The molecule has 3 rings (SSSR count). The van der Waals surface area contributed by atoms with Gasteiger partial charge in [0.2, 0.25) is 0 Å². The smallest absolute Gasteiger partial charge is 0.195 e. The fraction of sp³-hybridized carbons (Fsp3) is 0.375. The maximum absolute atomic E-state index is 12.6. The van der Waals surface area contributed by atoms with Gasteiger partial charge in [0.25, 0.3) is 0 Å². The lowest BCUT2D eigenvalue weighted by atomic mass is 9.99. The SMILES string of the molecule is Cc1cc([C@@H](C#N)C(=O)c2cc3c(s2)CCC3)nc(C)n1. The Bertz CT molecular complexity index is 716. The standard InChI is InChI=1S/C16H15N3OS/c1-9-6-13(19-10(2)18-9)12(8-17)16(20)15-7-11-4-3-5-14(11)21-15/h6-7,12H,3-5H2,1-2H3/t12-/m1/s1. The summed E-state index contributed by atoms with van der Waals surface area (Å²) in [5, 5.41) is 9.41. The molecule has 0 radical (unpaired) electrons. The van der Waals surface area contributed by atoms with Crippen molar-refractivity contribution in [1.29, 1.82) is 5.26 Å². The summed E-state index contributed by atoms with van der Waals surface area (Å²) in [6.07, 6.45) is 3.26. The van der Waals surface area contributed by atoms with Gasteiger partial charge in [0, 0.05) is 10.6 Å². The highest BCUT2D eigenvalue weighted by atomic mass is 32.1. The van der Waals surface area contributed by atoms with Gasteiger partial charge >= 0.3 is 0 Å². The molecule has 0 unspecified atom stereocenters. The van der Waals surface area contributed by atoms with Crippen molar-refractivity contribution in [2.24, 2.45) is 0 Å². The zero-order valence-electron chi connectivity index (χ0n) is 12.0. The number of nitrogens with zero attached hydrogens (tertiary/aromatic N) is 3. The molecule has 0 N–H and O–H groups in total. The van der Waals surface area contributed by atoms with Crippen LogP contribution in [0.1, 0.15) is 49.7 Å². The molecular formula is C16H15N3OS. The van der Waals surface area contributed by atoms with Crippen LogP contribution in [0.15, 0.2) is 12.1 Å². The summed E-state index contributed by atoms with van der Waals surface area (Å²) in [6.45, 7) is 3.62. The van der Waals surface area contributed by atoms with Crippen LogP contribution < -0.4 is 0 Å². The molecule has 4 nitrogen and oxygen atoms in total. The first-order chi connectivity index (χ1) is 10.1. The molecule has 0 fully saturated rings. The Kier molecular flexibility index (Phi) is 3.56. The summed E-state index contributed by atoms with van der Waals surface area (Å²) in [5.74, 6) is -0.398. The largest absolute Gasteiger partial charge is 0.291 e. The summed E-state index contributed by atoms with van der Waals surface area (Å²) in [4.78, 5) is 23.1. The predicted octanol–water partition coefficient (Wildman–Crippen LogP) is 3.13. The summed E-state index contributed by atoms with van der Waals surface area (Å²) in [6, 6.07) is 5.78. The number of nitriles is 1. The molecule has 1 aliphatic rings. The van der Waals surface area contributed by atoms with E-state index in [-0.39, 0.29) is 5.78 Å². The van der Waals surface area contributed by atoms with Crippen molar-refractivity contribution in [3.8, 4) is 6.07 Å². The Balaban J connectivity index is 1.95. The predicted molar refractivity (Wildman–Crippen MR) is 80.5 cm³/mol. The van der Waals surface area contributed by atoms with Gasteiger partial charge in [0.1, 0.15) is 5.82 Å². The van der Waals surface area contributed by atoms with Crippen LogP contribution in [0.25, 0.3) is 0 Å². The topological polar surface area (TPSA) is 66.6 Å². The van der Waals surface area contributed by atoms with Gasteiger partial charge in [-0.3, -0.25) is 4.79 Å². The van der Waals surface area contributed by atoms with Crippen molar-refractivity contribution < 1.29 is 4.79 Å². The number of aryl methyl sites for hydroxylation is 4. The molecule has 0 amide bonds. The number of hydrogen-bond acceptors (Lipinski definition) is 5. The van der Waals surface area contributed by atoms with Crippen molar-refractivity contribution in [2.45, 2.75) is 39.0 Å². The maximum Gasteiger partial charge on any atom is 0.195 e. The van der Waals surface area contributed by atoms with E-state index in [0.717, 1.165) is 18.5 Å². The van der Waals surface area contributed by atoms with Gasteiger partial charge < -0.3 is 0 Å². The van der Waals surface area contributed by atoms with Crippen LogP contribution >= 0.6 is 11.3 Å². The van der Waals surface area contributed by atoms with E-state index in [2.05, 4.69) is 16.0 Å². The molecule has 1 aliphatic carbocycles. The number of Topliss-reactive ketones (excluding diaryl/α,β-unsaturated/α-hetero) is 1. The average molecular weight is 297 g/mol. The Morgan fingerprint density at radius 3 is 2.81 bits per heavy atom. The molecule has 21 heavy (non-hydrogen) atoms. The van der Waals surface area contributed by atoms with Crippen molar-refractivity contribution in [2.75, 3.05) is 0 Å². The number of carbonyl (C=O) groups is 1. The van der Waals surface area contributed by atoms with Crippen molar-refractivity contribution in [3.05, 3.63) is 44.7 Å². The lowest BCUT2D eigenvalue weighted by Gasteiger charge is -2.08. The first kappa shape index (κ1) is 13.9. The fourth-order valence-electron chi connectivity index (χ4n) is 2.75. The van der Waals surface area contributed by atoms with Crippen LogP contribution in [-0.4, -0.2) is 15.8 Å². The van der Waals surface area contributed by atoms with E-state index in [4.69, 9.17) is 0 Å². The molecule has 0 aliphatic heterocycles. The van der Waals surface area contributed by atoms with Gasteiger partial charge in [-0.05, 0) is 50.8 Å². The highest BCUT2D eigenvalue weighted by Gasteiger charge is 2.27. The van der Waals surface area contributed by atoms with Gasteiger partial charge in [-0.15, -0.1) is 11.3 Å². The molecule has 5 heteroatoms. The van der Waals surface area contributed by atoms with Crippen molar-refractivity contribution in [1.82, 2.24) is 9.97 Å². The van der Waals surface area contributed by atoms with E-state index in [1.165, 1.54) is 28.2 Å². The summed E-state index contributed by atoms with van der Waals surface area (Å²) in [5.41, 5.74) is 2.55. The van der Waals surface area contributed by atoms with Crippen LogP contribution in [0.4, 0.5) is 0 Å². The van der Waals surface area contributed by atoms with E-state index in [1.54, 1.807) is 13.0 Å². The van der Waals surface area contributed by atoms with Crippen molar-refractivity contribution >= 4 is 17.1 Å². The Hall–Kier alpha value is -2.06. The number of fused-ring (bicyclic) bond motifs is 1. The van der Waals surface area contributed by atoms with E-state index in [1.807, 2.05) is 13.0 Å². The zero-order chi connectivity index (χ0) is 15.0. The first-order valence-electron chi connectivity index (χ1n) is 6.96. The third kappa shape index (κ3) is 2.59. The van der Waals surface area contributed by atoms with Gasteiger partial charge in [0.15, 0.2) is 11.7 Å². The quantitative estimate of drug-likeness (QED) is 0.816. The Morgan fingerprint density at radius 1 is 1.33 bits per heavy atom. The second-order valence-corrected chi connectivity index (χ2v) is 6.46. The molecule has 0 spiro atoms. The highest BCUT2D eigenvalue weighted by molar-refractivity contribution is 7.14. The van der Waals surface area contributed by atoms with Crippen LogP contribution in [0.2, 0.25) is 0 Å². The third-order valence-electron chi connectivity index (χ3n) is 3.66. The lowest BCUT2D eigenvalue weighted by Crippen LogP contribution is -2.13. The fourth-order valence-corrected chi connectivity index (χ4v) is 3.97. The number of hydrogen-bond donors (Lipinski definition) is 0. The van der Waals surface area contributed by atoms with Crippen LogP contribution in [-0.2, 0) is 12.8 Å². The molecule has 0 aromatic carbocycles. The van der Waals surface area contributed by atoms with E-state index in [0.29, 0.717) is 16.4 Å². The monoisotopic (exact) mass is 297 g/mol. The van der Waals surface area contributed by atoms with E-state index >= 15 is 0 Å². The summed E-state index contributed by atoms with van der Waals surface area (Å²) < 4.78 is 0. The Labute approximate surface area is 127 Å². The van der Waals surface area contributed by atoms with Gasteiger partial charge in [-0.1, -0.05) is 0 Å². The van der Waals surface area contributed by atoms with Crippen molar-refractivity contribution in [3.63, 3.8) is 0 Å². The van der Waals surface area contributed by atoms with Gasteiger partial charge in [-0.25, -0.2) is 9.97 Å². The van der Waals surface area contributed by atoms with Gasteiger partial charge in [-0.2, -0.15) is 5.26 Å². The van der Waals surface area contributed by atoms with E-state index in [9.17, 15) is 10.1 Å². The summed E-state index contributed by atoms with van der Waals surface area (Å²) in [7, 11) is 0. The molecule has 0 bridgehead atoms. The second kappa shape index (κ2) is 5.38. The number of aromatic nitrogens is 2. The van der Waals surface area contributed by atoms with E-state index < -0.39 is 5.92 Å². The molecule has 0 saturated carbocycles. The number of carbonyl (C=O) groups excluding carboxylic acids is 1. The molecule has 106 valence electrons. The number of ketones is 1. The molecule has 1 atom stereocenters. The minimum atomic E-state index is -0.843. The third-order valence-corrected chi connectivity index (χ3v) is 4.91. The molecule has 2 aromatic rings. The second-order valence-electron chi connectivity index (χ2n) is 5.32.